The van der Waals surface area contributed by atoms with E-state index >= 15 is 0 Å². The third kappa shape index (κ3) is 2.92. The highest BCUT2D eigenvalue weighted by molar-refractivity contribution is 5.98. The number of aryl methyl sites for hydroxylation is 1. The van der Waals surface area contributed by atoms with Gasteiger partial charge in [0.1, 0.15) is 0 Å². The largest absolute Gasteiger partial charge is 0.367 e. The first-order chi connectivity index (χ1) is 12.6. The van der Waals surface area contributed by atoms with Crippen LogP contribution in [-0.2, 0) is 0 Å². The first-order valence-corrected chi connectivity index (χ1v) is 8.56. The van der Waals surface area contributed by atoms with Crippen molar-refractivity contribution in [2.24, 2.45) is 0 Å². The Morgan fingerprint density at radius 1 is 1.12 bits per heavy atom. The zero-order valence-electron chi connectivity index (χ0n) is 14.5. The van der Waals surface area contributed by atoms with Gasteiger partial charge in [-0.15, -0.1) is 0 Å². The van der Waals surface area contributed by atoms with Gasteiger partial charge in [0.25, 0.3) is 11.5 Å². The molecule has 1 saturated heterocycles. The molecule has 0 unspecified atom stereocenters. The molecule has 1 aliphatic rings. The van der Waals surface area contributed by atoms with Gasteiger partial charge in [-0.3, -0.25) is 14.6 Å². The number of rotatable bonds is 2. The maximum absolute atomic E-state index is 12.8. The molecule has 7 nitrogen and oxygen atoms in total. The van der Waals surface area contributed by atoms with E-state index in [4.69, 9.17) is 0 Å². The molecule has 1 aromatic carbocycles. The Morgan fingerprint density at radius 2 is 1.92 bits per heavy atom. The molecule has 2 aromatic heterocycles. The molecule has 0 saturated carbocycles. The maximum atomic E-state index is 12.8. The van der Waals surface area contributed by atoms with Crippen molar-refractivity contribution in [3.8, 4) is 0 Å². The Bertz CT molecular complexity index is 1020. The van der Waals surface area contributed by atoms with Crippen LogP contribution >= 0.6 is 0 Å². The van der Waals surface area contributed by atoms with Crippen LogP contribution in [-0.4, -0.2) is 52.2 Å². The summed E-state index contributed by atoms with van der Waals surface area (Å²) in [6.07, 6.45) is 5.24. The topological polar surface area (TPSA) is 82.2 Å². The van der Waals surface area contributed by atoms with Crippen LogP contribution in [0.4, 0.5) is 5.69 Å². The van der Waals surface area contributed by atoms with Gasteiger partial charge in [-0.05, 0) is 30.7 Å². The summed E-state index contributed by atoms with van der Waals surface area (Å²) in [7, 11) is 0. The van der Waals surface area contributed by atoms with E-state index in [0.29, 0.717) is 24.0 Å². The number of aromatic amines is 1. The summed E-state index contributed by atoms with van der Waals surface area (Å²) < 4.78 is 0. The van der Waals surface area contributed by atoms with Gasteiger partial charge >= 0.3 is 0 Å². The number of amides is 1. The van der Waals surface area contributed by atoms with Crippen molar-refractivity contribution in [2.45, 2.75) is 6.92 Å². The molecular formula is C19H19N5O2. The second-order valence-corrected chi connectivity index (χ2v) is 6.44. The molecule has 0 atom stereocenters. The Labute approximate surface area is 150 Å². The number of carbonyl (C=O) groups excluding carboxylic acids is 1. The lowest BCUT2D eigenvalue weighted by Gasteiger charge is -2.36. The minimum atomic E-state index is -0.283. The Hall–Kier alpha value is -3.22. The summed E-state index contributed by atoms with van der Waals surface area (Å²) >= 11 is 0. The van der Waals surface area contributed by atoms with E-state index in [2.05, 4.69) is 27.0 Å². The molecule has 3 heterocycles. The molecule has 1 aliphatic heterocycles. The fourth-order valence-corrected chi connectivity index (χ4v) is 3.34. The maximum Gasteiger partial charge on any atom is 0.272 e. The average Bonchev–Trinajstić information content (AvgIpc) is 2.68. The Kier molecular flexibility index (Phi) is 4.12. The molecule has 26 heavy (non-hydrogen) atoms. The first kappa shape index (κ1) is 16.3. The zero-order valence-corrected chi connectivity index (χ0v) is 14.5. The standard InChI is InChI=1S/C19H19N5O2/c1-13-4-5-20-12-17(13)23-6-8-24(9-7-23)19(26)14-2-3-15-11-21-22-18(25)16(15)10-14/h2-5,10-12H,6-9H2,1H3,(H,22,25). The van der Waals surface area contributed by atoms with Crippen LogP contribution in [0.2, 0.25) is 0 Å². The van der Waals surface area contributed by atoms with Crippen LogP contribution < -0.4 is 10.5 Å². The molecule has 132 valence electrons. The van der Waals surface area contributed by atoms with Gasteiger partial charge in [-0.2, -0.15) is 5.10 Å². The number of fused-ring (bicyclic) bond motifs is 1. The second kappa shape index (κ2) is 6.59. The van der Waals surface area contributed by atoms with Gasteiger partial charge in [0.15, 0.2) is 0 Å². The number of anilines is 1. The van der Waals surface area contributed by atoms with Crippen LogP contribution in [0, 0.1) is 6.92 Å². The van der Waals surface area contributed by atoms with E-state index in [9.17, 15) is 9.59 Å². The van der Waals surface area contributed by atoms with Gasteiger partial charge in [0.2, 0.25) is 0 Å². The highest BCUT2D eigenvalue weighted by Crippen LogP contribution is 2.21. The van der Waals surface area contributed by atoms with E-state index in [1.165, 1.54) is 5.56 Å². The van der Waals surface area contributed by atoms with Crippen LogP contribution in [0.5, 0.6) is 0 Å². The van der Waals surface area contributed by atoms with Crippen molar-refractivity contribution >= 4 is 22.4 Å². The minimum absolute atomic E-state index is 0.0503. The Morgan fingerprint density at radius 3 is 2.69 bits per heavy atom. The molecule has 1 amide bonds. The van der Waals surface area contributed by atoms with E-state index in [1.54, 1.807) is 30.6 Å². The Balaban J connectivity index is 1.51. The minimum Gasteiger partial charge on any atom is -0.367 e. The number of piperazine rings is 1. The molecule has 0 aliphatic carbocycles. The summed E-state index contributed by atoms with van der Waals surface area (Å²) in [6.45, 7) is 4.86. The smallest absolute Gasteiger partial charge is 0.272 e. The molecule has 1 fully saturated rings. The highest BCUT2D eigenvalue weighted by Gasteiger charge is 2.23. The van der Waals surface area contributed by atoms with Gasteiger partial charge in [0, 0.05) is 43.3 Å². The van der Waals surface area contributed by atoms with Crippen LogP contribution in [0.1, 0.15) is 15.9 Å². The fraction of sp³-hybridized carbons (Fsp3) is 0.263. The number of aromatic nitrogens is 3. The summed E-state index contributed by atoms with van der Waals surface area (Å²) in [5.74, 6) is -0.0503. The number of benzene rings is 1. The summed E-state index contributed by atoms with van der Waals surface area (Å²) in [5.41, 5.74) is 2.54. The van der Waals surface area contributed by atoms with Gasteiger partial charge in [-0.1, -0.05) is 6.07 Å². The third-order valence-corrected chi connectivity index (χ3v) is 4.83. The number of H-pyrrole nitrogens is 1. The molecule has 0 spiro atoms. The van der Waals surface area contributed by atoms with Gasteiger partial charge in [0.05, 0.1) is 23.5 Å². The molecule has 1 N–H and O–H groups in total. The summed E-state index contributed by atoms with van der Waals surface area (Å²) in [5, 5.41) is 7.39. The van der Waals surface area contributed by atoms with E-state index in [0.717, 1.165) is 24.2 Å². The van der Waals surface area contributed by atoms with Gasteiger partial charge < -0.3 is 9.80 Å². The predicted molar refractivity (Wildman–Crippen MR) is 99.5 cm³/mol. The predicted octanol–water partition coefficient (Wildman–Crippen LogP) is 1.59. The zero-order chi connectivity index (χ0) is 18.1. The van der Waals surface area contributed by atoms with Crippen LogP contribution in [0.3, 0.4) is 0 Å². The first-order valence-electron chi connectivity index (χ1n) is 8.56. The number of pyridine rings is 1. The lowest BCUT2D eigenvalue weighted by atomic mass is 10.1. The average molecular weight is 349 g/mol. The normalized spacial score (nSPS) is 14.7. The molecular weight excluding hydrogens is 330 g/mol. The molecule has 0 radical (unpaired) electrons. The van der Waals surface area contributed by atoms with Crippen LogP contribution in [0.15, 0.2) is 47.7 Å². The number of carbonyl (C=O) groups is 1. The molecule has 3 aromatic rings. The lowest BCUT2D eigenvalue weighted by Crippen LogP contribution is -2.49. The van der Waals surface area contributed by atoms with Crippen molar-refractivity contribution in [2.75, 3.05) is 31.1 Å². The number of nitrogens with one attached hydrogen (secondary N) is 1. The monoisotopic (exact) mass is 349 g/mol. The highest BCUT2D eigenvalue weighted by atomic mass is 16.2. The van der Waals surface area contributed by atoms with Gasteiger partial charge in [-0.25, -0.2) is 5.10 Å². The van der Waals surface area contributed by atoms with Crippen molar-refractivity contribution in [1.29, 1.82) is 0 Å². The van der Waals surface area contributed by atoms with Crippen molar-refractivity contribution in [1.82, 2.24) is 20.1 Å². The molecule has 0 bridgehead atoms. The van der Waals surface area contributed by atoms with Crippen LogP contribution in [0.25, 0.3) is 10.8 Å². The second-order valence-electron chi connectivity index (χ2n) is 6.44. The van der Waals surface area contributed by atoms with E-state index in [-0.39, 0.29) is 11.5 Å². The quantitative estimate of drug-likeness (QED) is 0.760. The summed E-state index contributed by atoms with van der Waals surface area (Å²) in [4.78, 5) is 33.0. The van der Waals surface area contributed by atoms with Crippen molar-refractivity contribution in [3.05, 3.63) is 64.3 Å². The van der Waals surface area contributed by atoms with E-state index in [1.807, 2.05) is 17.2 Å². The molecule has 4 rings (SSSR count). The molecule has 7 heteroatoms. The SMILES string of the molecule is Cc1ccncc1N1CCN(C(=O)c2ccc3cn[nH]c(=O)c3c2)CC1. The lowest BCUT2D eigenvalue weighted by molar-refractivity contribution is 0.0747. The number of hydrogen-bond acceptors (Lipinski definition) is 5. The number of hydrogen-bond donors (Lipinski definition) is 1. The van der Waals surface area contributed by atoms with Crippen molar-refractivity contribution in [3.63, 3.8) is 0 Å². The summed E-state index contributed by atoms with van der Waals surface area (Å²) in [6, 6.07) is 7.16. The fourth-order valence-electron chi connectivity index (χ4n) is 3.34. The van der Waals surface area contributed by atoms with E-state index < -0.39 is 0 Å². The van der Waals surface area contributed by atoms with Crippen molar-refractivity contribution < 1.29 is 4.79 Å². The third-order valence-electron chi connectivity index (χ3n) is 4.83. The number of nitrogens with zero attached hydrogens (tertiary/aromatic N) is 4.